The van der Waals surface area contributed by atoms with Crippen molar-refractivity contribution in [2.75, 3.05) is 10.6 Å². The van der Waals surface area contributed by atoms with Crippen molar-refractivity contribution in [1.29, 1.82) is 0 Å². The second-order valence-electron chi connectivity index (χ2n) is 6.37. The number of amides is 2. The predicted octanol–water partition coefficient (Wildman–Crippen LogP) is 5.51. The Balaban J connectivity index is 1.56. The summed E-state index contributed by atoms with van der Waals surface area (Å²) < 4.78 is 0. The molecule has 0 aliphatic rings. The summed E-state index contributed by atoms with van der Waals surface area (Å²) in [7, 11) is 0. The Labute approximate surface area is 184 Å². The first-order chi connectivity index (χ1) is 14.5. The largest absolute Gasteiger partial charge is 0.322 e. The molecule has 1 aromatic heterocycles. The lowest BCUT2D eigenvalue weighted by molar-refractivity contribution is -0.115. The molecule has 30 heavy (non-hydrogen) atoms. The number of hydrogen-bond donors (Lipinski definition) is 2. The summed E-state index contributed by atoms with van der Waals surface area (Å²) in [5.74, 6) is 0.0544. The molecule has 0 saturated heterocycles. The van der Waals surface area contributed by atoms with Crippen LogP contribution < -0.4 is 10.6 Å². The van der Waals surface area contributed by atoms with Crippen LogP contribution in [0, 0.1) is 0 Å². The zero-order valence-corrected chi connectivity index (χ0v) is 17.8. The van der Waals surface area contributed by atoms with E-state index in [1.54, 1.807) is 24.3 Å². The van der Waals surface area contributed by atoms with Crippen molar-refractivity contribution in [2.24, 2.45) is 0 Å². The maximum atomic E-state index is 12.4. The molecule has 0 radical (unpaired) electrons. The van der Waals surface area contributed by atoms with Crippen molar-refractivity contribution in [3.05, 3.63) is 89.6 Å². The van der Waals surface area contributed by atoms with E-state index in [0.29, 0.717) is 16.5 Å². The van der Waals surface area contributed by atoms with Crippen LogP contribution in [0.2, 0.25) is 5.02 Å². The Bertz CT molecular complexity index is 1040. The van der Waals surface area contributed by atoms with Crippen molar-refractivity contribution in [3.8, 4) is 0 Å². The van der Waals surface area contributed by atoms with Gasteiger partial charge in [0.1, 0.15) is 5.82 Å². The van der Waals surface area contributed by atoms with Crippen LogP contribution in [0.1, 0.15) is 12.5 Å². The van der Waals surface area contributed by atoms with Crippen LogP contribution in [-0.4, -0.2) is 22.0 Å². The molecule has 3 aromatic rings. The summed E-state index contributed by atoms with van der Waals surface area (Å²) >= 11 is 7.20. The topological polar surface area (TPSA) is 71.1 Å². The SMILES string of the molecule is CC(Sc1cccc(NC(=O)/C=C/c2ccccc2)c1)C(=O)Nc1ccc(Cl)cn1. The van der Waals surface area contributed by atoms with Gasteiger partial charge in [0.15, 0.2) is 0 Å². The van der Waals surface area contributed by atoms with E-state index < -0.39 is 0 Å². The molecule has 2 amide bonds. The average molecular weight is 438 g/mol. The molecule has 2 N–H and O–H groups in total. The first-order valence-corrected chi connectivity index (χ1v) is 10.5. The van der Waals surface area contributed by atoms with E-state index >= 15 is 0 Å². The van der Waals surface area contributed by atoms with Gasteiger partial charge in [0, 0.05) is 22.9 Å². The fourth-order valence-electron chi connectivity index (χ4n) is 2.50. The number of carbonyl (C=O) groups excluding carboxylic acids is 2. The quantitative estimate of drug-likeness (QED) is 0.378. The molecule has 0 aliphatic heterocycles. The van der Waals surface area contributed by atoms with Crippen molar-refractivity contribution >= 4 is 52.8 Å². The smallest absolute Gasteiger partial charge is 0.248 e. The third-order valence-electron chi connectivity index (χ3n) is 3.99. The molecule has 0 saturated carbocycles. The Morgan fingerprint density at radius 2 is 1.83 bits per heavy atom. The van der Waals surface area contributed by atoms with Gasteiger partial charge >= 0.3 is 0 Å². The van der Waals surface area contributed by atoms with Crippen molar-refractivity contribution < 1.29 is 9.59 Å². The summed E-state index contributed by atoms with van der Waals surface area (Å²) in [4.78, 5) is 29.5. The molecule has 3 rings (SSSR count). The Morgan fingerprint density at radius 3 is 2.57 bits per heavy atom. The Hall–Kier alpha value is -3.09. The van der Waals surface area contributed by atoms with Crippen LogP contribution in [0.15, 0.2) is 83.9 Å². The van der Waals surface area contributed by atoms with E-state index in [9.17, 15) is 9.59 Å². The number of benzene rings is 2. The van der Waals surface area contributed by atoms with Gasteiger partial charge in [-0.1, -0.05) is 48.0 Å². The Morgan fingerprint density at radius 1 is 1.03 bits per heavy atom. The number of hydrogen-bond acceptors (Lipinski definition) is 4. The van der Waals surface area contributed by atoms with Crippen LogP contribution >= 0.6 is 23.4 Å². The Kier molecular flexibility index (Phi) is 7.65. The van der Waals surface area contributed by atoms with Crippen LogP contribution in [0.4, 0.5) is 11.5 Å². The second kappa shape index (κ2) is 10.6. The highest BCUT2D eigenvalue weighted by Crippen LogP contribution is 2.26. The number of halogens is 1. The summed E-state index contributed by atoms with van der Waals surface area (Å²) in [6, 6.07) is 20.3. The second-order valence-corrected chi connectivity index (χ2v) is 8.22. The lowest BCUT2D eigenvalue weighted by Gasteiger charge is -2.12. The molecule has 1 atom stereocenters. The highest BCUT2D eigenvalue weighted by molar-refractivity contribution is 8.00. The van der Waals surface area contributed by atoms with Gasteiger partial charge in [-0.25, -0.2) is 4.98 Å². The van der Waals surface area contributed by atoms with E-state index in [4.69, 9.17) is 11.6 Å². The first-order valence-electron chi connectivity index (χ1n) is 9.23. The number of nitrogens with one attached hydrogen (secondary N) is 2. The maximum Gasteiger partial charge on any atom is 0.248 e. The fraction of sp³-hybridized carbons (Fsp3) is 0.0870. The lowest BCUT2D eigenvalue weighted by Crippen LogP contribution is -2.22. The first kappa shape index (κ1) is 21.6. The van der Waals surface area contributed by atoms with Gasteiger partial charge in [-0.2, -0.15) is 0 Å². The fourth-order valence-corrected chi connectivity index (χ4v) is 3.54. The highest BCUT2D eigenvalue weighted by Gasteiger charge is 2.15. The third-order valence-corrected chi connectivity index (χ3v) is 5.31. The normalized spacial score (nSPS) is 11.8. The molecule has 0 aliphatic carbocycles. The zero-order chi connectivity index (χ0) is 21.3. The van der Waals surface area contributed by atoms with Gasteiger partial charge in [0.25, 0.3) is 0 Å². The minimum atomic E-state index is -0.355. The summed E-state index contributed by atoms with van der Waals surface area (Å²) in [5, 5.41) is 5.75. The predicted molar refractivity (Wildman–Crippen MR) is 124 cm³/mol. The van der Waals surface area contributed by atoms with Crippen LogP contribution in [-0.2, 0) is 9.59 Å². The number of aromatic nitrogens is 1. The van der Waals surface area contributed by atoms with Crippen LogP contribution in [0.25, 0.3) is 6.08 Å². The van der Waals surface area contributed by atoms with Gasteiger partial charge in [0.05, 0.1) is 10.3 Å². The van der Waals surface area contributed by atoms with E-state index in [0.717, 1.165) is 10.5 Å². The zero-order valence-electron chi connectivity index (χ0n) is 16.2. The molecule has 152 valence electrons. The lowest BCUT2D eigenvalue weighted by atomic mass is 10.2. The number of nitrogens with zero attached hydrogens (tertiary/aromatic N) is 1. The monoisotopic (exact) mass is 437 g/mol. The minimum absolute atomic E-state index is 0.171. The van der Waals surface area contributed by atoms with E-state index in [2.05, 4.69) is 15.6 Å². The number of rotatable bonds is 7. The molecule has 0 fully saturated rings. The van der Waals surface area contributed by atoms with Crippen molar-refractivity contribution in [3.63, 3.8) is 0 Å². The van der Waals surface area contributed by atoms with Gasteiger partial charge in [-0.05, 0) is 48.9 Å². The molecule has 5 nitrogen and oxygen atoms in total. The molecule has 1 heterocycles. The standard InChI is InChI=1S/C23H20ClN3O2S/c1-16(23(29)27-21-12-11-18(24)15-25-21)30-20-9-5-8-19(14-20)26-22(28)13-10-17-6-3-2-4-7-17/h2-16H,1H3,(H,26,28)(H,25,27,29)/b13-10+. The molecule has 1 unspecified atom stereocenters. The number of thioether (sulfide) groups is 1. The third kappa shape index (κ3) is 6.76. The van der Waals surface area contributed by atoms with Gasteiger partial charge in [0.2, 0.25) is 11.8 Å². The minimum Gasteiger partial charge on any atom is -0.322 e. The average Bonchev–Trinajstić information content (AvgIpc) is 2.75. The summed E-state index contributed by atoms with van der Waals surface area (Å²) in [5.41, 5.74) is 1.61. The summed E-state index contributed by atoms with van der Waals surface area (Å²) in [6.07, 6.45) is 4.73. The molecular formula is C23H20ClN3O2S. The van der Waals surface area contributed by atoms with E-state index in [-0.39, 0.29) is 17.1 Å². The molecule has 2 aromatic carbocycles. The number of anilines is 2. The van der Waals surface area contributed by atoms with Gasteiger partial charge < -0.3 is 10.6 Å². The van der Waals surface area contributed by atoms with E-state index in [1.807, 2.05) is 55.5 Å². The number of pyridine rings is 1. The molecule has 0 spiro atoms. The molecular weight excluding hydrogens is 418 g/mol. The van der Waals surface area contributed by atoms with Gasteiger partial charge in [-0.15, -0.1) is 11.8 Å². The molecule has 7 heteroatoms. The highest BCUT2D eigenvalue weighted by atomic mass is 35.5. The molecule has 0 bridgehead atoms. The maximum absolute atomic E-state index is 12.4. The van der Waals surface area contributed by atoms with Crippen molar-refractivity contribution in [2.45, 2.75) is 17.1 Å². The van der Waals surface area contributed by atoms with Crippen LogP contribution in [0.3, 0.4) is 0 Å². The van der Waals surface area contributed by atoms with Gasteiger partial charge in [-0.3, -0.25) is 9.59 Å². The number of carbonyl (C=O) groups is 2. The van der Waals surface area contributed by atoms with Crippen molar-refractivity contribution in [1.82, 2.24) is 4.98 Å². The van der Waals surface area contributed by atoms with Crippen LogP contribution in [0.5, 0.6) is 0 Å². The van der Waals surface area contributed by atoms with E-state index in [1.165, 1.54) is 24.0 Å². The summed E-state index contributed by atoms with van der Waals surface area (Å²) in [6.45, 7) is 1.81.